The maximum atomic E-state index is 11.2. The molecule has 0 radical (unpaired) electrons. The molecule has 3 rings (SSSR count). The molecule has 7 heteroatoms. The number of halogens is 1. The van der Waals surface area contributed by atoms with E-state index in [1.807, 2.05) is 48.5 Å². The second kappa shape index (κ2) is 8.62. The smallest absolute Gasteiger partial charge is 0.277 e. The number of benzene rings is 3. The van der Waals surface area contributed by atoms with E-state index in [0.717, 1.165) is 16.8 Å². The van der Waals surface area contributed by atoms with Gasteiger partial charge in [-0.3, -0.25) is 10.1 Å². The molecule has 27 heavy (non-hydrogen) atoms. The molecule has 3 aromatic rings. The molecule has 5 nitrogen and oxygen atoms in total. The van der Waals surface area contributed by atoms with Gasteiger partial charge in [0.25, 0.3) is 5.69 Å². The van der Waals surface area contributed by atoms with Crippen LogP contribution in [0.1, 0.15) is 5.56 Å². The van der Waals surface area contributed by atoms with Gasteiger partial charge in [-0.05, 0) is 53.7 Å². The van der Waals surface area contributed by atoms with E-state index in [2.05, 4.69) is 10.6 Å². The summed E-state index contributed by atoms with van der Waals surface area (Å²) in [5, 5.41) is 18.6. The van der Waals surface area contributed by atoms with Crippen molar-refractivity contribution in [3.05, 3.63) is 93.5 Å². The van der Waals surface area contributed by atoms with Gasteiger partial charge >= 0.3 is 0 Å². The fraction of sp³-hybridized carbons (Fsp3) is 0.0500. The van der Waals surface area contributed by atoms with Crippen LogP contribution in [0.15, 0.2) is 72.8 Å². The van der Waals surface area contributed by atoms with Gasteiger partial charge in [-0.25, -0.2) is 0 Å². The van der Waals surface area contributed by atoms with Crippen LogP contribution in [-0.2, 0) is 6.54 Å². The van der Waals surface area contributed by atoms with Crippen molar-refractivity contribution in [1.29, 1.82) is 0 Å². The first kappa shape index (κ1) is 18.8. The van der Waals surface area contributed by atoms with E-state index in [9.17, 15) is 10.1 Å². The van der Waals surface area contributed by atoms with Crippen LogP contribution in [0.3, 0.4) is 0 Å². The minimum Gasteiger partial charge on any atom is -0.358 e. The Morgan fingerprint density at radius 1 is 1.00 bits per heavy atom. The number of nitro benzene ring substituents is 1. The van der Waals surface area contributed by atoms with Gasteiger partial charge in [0.05, 0.1) is 10.5 Å². The molecule has 0 heterocycles. The highest BCUT2D eigenvalue weighted by atomic mass is 35.5. The van der Waals surface area contributed by atoms with Crippen molar-refractivity contribution in [2.75, 3.05) is 5.32 Å². The minimum absolute atomic E-state index is 0.0818. The van der Waals surface area contributed by atoms with Crippen molar-refractivity contribution in [2.45, 2.75) is 6.54 Å². The van der Waals surface area contributed by atoms with E-state index in [4.69, 9.17) is 23.8 Å². The summed E-state index contributed by atoms with van der Waals surface area (Å²) in [6.07, 6.45) is 0. The summed E-state index contributed by atoms with van der Waals surface area (Å²) in [7, 11) is 0. The lowest BCUT2D eigenvalue weighted by atomic mass is 10.0. The molecular formula is C20H16ClN3O2S. The number of para-hydroxylation sites is 1. The summed E-state index contributed by atoms with van der Waals surface area (Å²) in [5.41, 5.74) is 3.30. The van der Waals surface area contributed by atoms with Gasteiger partial charge < -0.3 is 10.6 Å². The summed E-state index contributed by atoms with van der Waals surface area (Å²) < 4.78 is 0. The third kappa shape index (κ3) is 5.03. The van der Waals surface area contributed by atoms with Crippen LogP contribution in [-0.4, -0.2) is 10.0 Å². The monoisotopic (exact) mass is 397 g/mol. The van der Waals surface area contributed by atoms with Crippen LogP contribution < -0.4 is 10.6 Å². The molecule has 2 N–H and O–H groups in total. The van der Waals surface area contributed by atoms with Crippen molar-refractivity contribution in [3.8, 4) is 11.1 Å². The van der Waals surface area contributed by atoms with E-state index in [-0.39, 0.29) is 10.6 Å². The quantitative estimate of drug-likeness (QED) is 0.342. The van der Waals surface area contributed by atoms with Crippen LogP contribution in [0.25, 0.3) is 11.1 Å². The fourth-order valence-electron chi connectivity index (χ4n) is 2.57. The Morgan fingerprint density at radius 2 is 1.67 bits per heavy atom. The summed E-state index contributed by atoms with van der Waals surface area (Å²) >= 11 is 11.2. The largest absolute Gasteiger partial charge is 0.358 e. The van der Waals surface area contributed by atoms with E-state index in [1.54, 1.807) is 18.2 Å². The number of hydrogen-bond donors (Lipinski definition) is 2. The minimum atomic E-state index is -0.378. The summed E-state index contributed by atoms with van der Waals surface area (Å²) in [6.45, 7) is 0.581. The molecule has 136 valence electrons. The molecule has 0 aliphatic carbocycles. The average Bonchev–Trinajstić information content (AvgIpc) is 2.68. The highest BCUT2D eigenvalue weighted by Gasteiger charge is 2.13. The highest BCUT2D eigenvalue weighted by molar-refractivity contribution is 7.80. The molecule has 0 aliphatic rings. The fourth-order valence-corrected chi connectivity index (χ4v) is 2.89. The lowest BCUT2D eigenvalue weighted by Crippen LogP contribution is -2.27. The van der Waals surface area contributed by atoms with Crippen LogP contribution >= 0.6 is 23.8 Å². The summed E-state index contributed by atoms with van der Waals surface area (Å²) in [5.74, 6) is 0. The van der Waals surface area contributed by atoms with Crippen LogP contribution in [0, 0.1) is 10.1 Å². The Morgan fingerprint density at radius 3 is 2.33 bits per heavy atom. The molecule has 0 bridgehead atoms. The molecule has 0 atom stereocenters. The number of anilines is 1. The molecule has 0 aliphatic heterocycles. The van der Waals surface area contributed by atoms with Gasteiger partial charge in [-0.1, -0.05) is 48.0 Å². The molecule has 0 spiro atoms. The number of hydrogen-bond acceptors (Lipinski definition) is 3. The van der Waals surface area contributed by atoms with Crippen molar-refractivity contribution in [3.63, 3.8) is 0 Å². The van der Waals surface area contributed by atoms with Gasteiger partial charge in [0, 0.05) is 23.3 Å². The van der Waals surface area contributed by atoms with Crippen LogP contribution in [0.2, 0.25) is 5.02 Å². The van der Waals surface area contributed by atoms with E-state index in [1.165, 1.54) is 6.07 Å². The van der Waals surface area contributed by atoms with E-state index < -0.39 is 0 Å². The molecule has 0 aromatic heterocycles. The van der Waals surface area contributed by atoms with Gasteiger partial charge in [0.1, 0.15) is 0 Å². The maximum absolute atomic E-state index is 11.2. The first-order valence-electron chi connectivity index (χ1n) is 8.16. The lowest BCUT2D eigenvalue weighted by molar-refractivity contribution is -0.384. The Balaban J connectivity index is 1.63. The maximum Gasteiger partial charge on any atom is 0.277 e. The third-order valence-electron chi connectivity index (χ3n) is 3.92. The Kier molecular flexibility index (Phi) is 6.01. The number of rotatable bonds is 5. The predicted molar refractivity (Wildman–Crippen MR) is 113 cm³/mol. The third-order valence-corrected chi connectivity index (χ3v) is 4.42. The second-order valence-corrected chi connectivity index (χ2v) is 6.63. The number of nitrogens with zero attached hydrogens (tertiary/aromatic N) is 1. The summed E-state index contributed by atoms with van der Waals surface area (Å²) in [6, 6.07) is 21.5. The number of nitro groups is 1. The standard InChI is InChI=1S/C20H16ClN3O2S/c21-16-9-5-14(6-10-16)13-22-20(27)23-17-11-7-15(8-12-17)18-3-1-2-4-19(18)24(25)26/h1-12H,13H2,(H2,22,23,27). The Hall–Kier alpha value is -2.96. The van der Waals surface area contributed by atoms with Crippen molar-refractivity contribution in [2.24, 2.45) is 0 Å². The average molecular weight is 398 g/mol. The SMILES string of the molecule is O=[N+]([O-])c1ccccc1-c1ccc(NC(=S)NCc2ccc(Cl)cc2)cc1. The van der Waals surface area contributed by atoms with Crippen molar-refractivity contribution < 1.29 is 4.92 Å². The van der Waals surface area contributed by atoms with E-state index in [0.29, 0.717) is 22.2 Å². The zero-order valence-electron chi connectivity index (χ0n) is 14.2. The normalized spacial score (nSPS) is 10.3. The molecular weight excluding hydrogens is 382 g/mol. The lowest BCUT2D eigenvalue weighted by Gasteiger charge is -2.11. The first-order chi connectivity index (χ1) is 13.0. The Bertz CT molecular complexity index is 960. The zero-order chi connectivity index (χ0) is 19.2. The molecule has 0 fully saturated rings. The molecule has 0 unspecified atom stereocenters. The van der Waals surface area contributed by atoms with Gasteiger partial charge in [0.15, 0.2) is 5.11 Å². The molecule has 0 saturated carbocycles. The predicted octanol–water partition coefficient (Wildman–Crippen LogP) is 5.40. The number of thiocarbonyl (C=S) groups is 1. The van der Waals surface area contributed by atoms with Gasteiger partial charge in [-0.2, -0.15) is 0 Å². The van der Waals surface area contributed by atoms with Crippen LogP contribution in [0.5, 0.6) is 0 Å². The summed E-state index contributed by atoms with van der Waals surface area (Å²) in [4.78, 5) is 10.8. The number of nitrogens with one attached hydrogen (secondary N) is 2. The van der Waals surface area contributed by atoms with E-state index >= 15 is 0 Å². The van der Waals surface area contributed by atoms with Crippen LogP contribution in [0.4, 0.5) is 11.4 Å². The Labute approximate surface area is 167 Å². The topological polar surface area (TPSA) is 67.2 Å². The van der Waals surface area contributed by atoms with Crippen molar-refractivity contribution in [1.82, 2.24) is 5.32 Å². The molecule has 3 aromatic carbocycles. The molecule has 0 amide bonds. The highest BCUT2D eigenvalue weighted by Crippen LogP contribution is 2.30. The van der Waals surface area contributed by atoms with Gasteiger partial charge in [0.2, 0.25) is 0 Å². The first-order valence-corrected chi connectivity index (χ1v) is 8.95. The zero-order valence-corrected chi connectivity index (χ0v) is 15.8. The van der Waals surface area contributed by atoms with Gasteiger partial charge in [-0.15, -0.1) is 0 Å². The van der Waals surface area contributed by atoms with Crippen molar-refractivity contribution >= 4 is 40.3 Å². The molecule has 0 saturated heterocycles. The second-order valence-electron chi connectivity index (χ2n) is 5.79.